The van der Waals surface area contributed by atoms with Gasteiger partial charge in [-0.1, -0.05) is 0 Å². The summed E-state index contributed by atoms with van der Waals surface area (Å²) in [6, 6.07) is 0.987. The zero-order chi connectivity index (χ0) is 23.8. The highest BCUT2D eigenvalue weighted by Gasteiger charge is 2.35. The molecule has 2 aliphatic heterocycles. The Labute approximate surface area is 196 Å². The Morgan fingerprint density at radius 2 is 2.18 bits per heavy atom. The SMILES string of the molecule is O=C(O)c1cn(-c2ncns2)c2nc(N3CC(C(=O)NCC4CCCOC4)C3)c(F)cc2c1=O. The van der Waals surface area contributed by atoms with Gasteiger partial charge in [-0.15, -0.1) is 0 Å². The van der Waals surface area contributed by atoms with E-state index in [2.05, 4.69) is 19.7 Å². The molecule has 178 valence electrons. The van der Waals surface area contributed by atoms with Crippen molar-refractivity contribution in [2.24, 2.45) is 11.8 Å². The van der Waals surface area contributed by atoms with Crippen molar-refractivity contribution in [3.8, 4) is 5.13 Å². The van der Waals surface area contributed by atoms with Crippen molar-refractivity contribution in [1.29, 1.82) is 0 Å². The van der Waals surface area contributed by atoms with E-state index in [1.807, 2.05) is 0 Å². The van der Waals surface area contributed by atoms with Crippen LogP contribution in [0.1, 0.15) is 23.2 Å². The number of pyridine rings is 2. The van der Waals surface area contributed by atoms with Crippen LogP contribution in [0.5, 0.6) is 0 Å². The predicted molar refractivity (Wildman–Crippen MR) is 120 cm³/mol. The monoisotopic (exact) mass is 488 g/mol. The van der Waals surface area contributed by atoms with Crippen LogP contribution in [-0.2, 0) is 9.53 Å². The summed E-state index contributed by atoms with van der Waals surface area (Å²) < 4.78 is 25.6. The lowest BCUT2D eigenvalue weighted by Gasteiger charge is -2.39. The number of nitrogens with zero attached hydrogens (tertiary/aromatic N) is 5. The average molecular weight is 489 g/mol. The Kier molecular flexibility index (Phi) is 5.96. The number of hydrogen-bond acceptors (Lipinski definition) is 9. The first-order chi connectivity index (χ1) is 16.4. The minimum atomic E-state index is -1.44. The summed E-state index contributed by atoms with van der Waals surface area (Å²) in [7, 11) is 0. The Morgan fingerprint density at radius 1 is 1.35 bits per heavy atom. The van der Waals surface area contributed by atoms with Crippen LogP contribution in [0.2, 0.25) is 0 Å². The molecule has 11 nitrogen and oxygen atoms in total. The van der Waals surface area contributed by atoms with E-state index in [0.29, 0.717) is 19.1 Å². The van der Waals surface area contributed by atoms with Gasteiger partial charge in [0.2, 0.25) is 16.5 Å². The zero-order valence-electron chi connectivity index (χ0n) is 17.9. The molecule has 2 aliphatic rings. The van der Waals surface area contributed by atoms with Crippen LogP contribution in [0.25, 0.3) is 16.2 Å². The van der Waals surface area contributed by atoms with Crippen LogP contribution in [0.4, 0.5) is 10.2 Å². The number of fused-ring (bicyclic) bond motifs is 1. The van der Waals surface area contributed by atoms with E-state index in [1.54, 1.807) is 4.90 Å². The van der Waals surface area contributed by atoms with Crippen LogP contribution < -0.4 is 15.6 Å². The summed E-state index contributed by atoms with van der Waals surface area (Å²) in [4.78, 5) is 46.7. The summed E-state index contributed by atoms with van der Waals surface area (Å²) in [5.74, 6) is -2.32. The van der Waals surface area contributed by atoms with Gasteiger partial charge in [0, 0.05) is 44.0 Å². The van der Waals surface area contributed by atoms with E-state index in [0.717, 1.165) is 43.2 Å². The second-order valence-electron chi connectivity index (χ2n) is 8.37. The number of nitrogens with one attached hydrogen (secondary N) is 1. The zero-order valence-corrected chi connectivity index (χ0v) is 18.8. The van der Waals surface area contributed by atoms with Crippen molar-refractivity contribution < 1.29 is 23.8 Å². The Hall–Kier alpha value is -3.45. The van der Waals surface area contributed by atoms with Gasteiger partial charge in [0.25, 0.3) is 0 Å². The lowest BCUT2D eigenvalue weighted by Crippen LogP contribution is -2.55. The molecule has 5 heterocycles. The van der Waals surface area contributed by atoms with Crippen molar-refractivity contribution in [3.63, 3.8) is 0 Å². The normalized spacial score (nSPS) is 18.6. The molecule has 1 amide bonds. The van der Waals surface area contributed by atoms with Crippen LogP contribution in [-0.4, -0.2) is 68.7 Å². The Balaban J connectivity index is 1.38. The molecule has 0 saturated carbocycles. The topological polar surface area (TPSA) is 140 Å². The molecular formula is C21H21FN6O5S. The molecule has 2 N–H and O–H groups in total. The van der Waals surface area contributed by atoms with E-state index in [9.17, 15) is 23.9 Å². The largest absolute Gasteiger partial charge is 0.477 e. The van der Waals surface area contributed by atoms with Crippen molar-refractivity contribution in [1.82, 2.24) is 24.2 Å². The molecular weight excluding hydrogens is 467 g/mol. The molecule has 2 fully saturated rings. The maximum atomic E-state index is 15.0. The van der Waals surface area contributed by atoms with Crippen LogP contribution in [0.15, 0.2) is 23.4 Å². The quantitative estimate of drug-likeness (QED) is 0.521. The van der Waals surface area contributed by atoms with Crippen molar-refractivity contribution in [2.75, 3.05) is 37.7 Å². The van der Waals surface area contributed by atoms with Crippen molar-refractivity contribution in [2.45, 2.75) is 12.8 Å². The Bertz CT molecular complexity index is 1300. The smallest absolute Gasteiger partial charge is 0.341 e. The highest BCUT2D eigenvalue weighted by atomic mass is 32.1. The van der Waals surface area contributed by atoms with Gasteiger partial charge in [0.15, 0.2) is 17.3 Å². The number of rotatable bonds is 6. The molecule has 0 aromatic carbocycles. The number of halogens is 1. The second-order valence-corrected chi connectivity index (χ2v) is 9.12. The third kappa shape index (κ3) is 4.12. The molecule has 3 aromatic heterocycles. The van der Waals surface area contributed by atoms with E-state index in [1.165, 1.54) is 10.9 Å². The molecule has 1 atom stereocenters. The first-order valence-corrected chi connectivity index (χ1v) is 11.6. The number of hydrogen-bond donors (Lipinski definition) is 2. The number of aromatic nitrogens is 4. The van der Waals surface area contributed by atoms with Gasteiger partial charge in [-0.05, 0) is 24.8 Å². The lowest BCUT2D eigenvalue weighted by atomic mass is 9.97. The van der Waals surface area contributed by atoms with E-state index >= 15 is 0 Å². The third-order valence-electron chi connectivity index (χ3n) is 6.07. The molecule has 0 aliphatic carbocycles. The third-order valence-corrected chi connectivity index (χ3v) is 6.74. The summed E-state index contributed by atoms with van der Waals surface area (Å²) in [5, 5.41) is 12.5. The number of aromatic carboxylic acids is 1. The maximum Gasteiger partial charge on any atom is 0.341 e. The van der Waals surface area contributed by atoms with Crippen LogP contribution in [0, 0.1) is 17.7 Å². The molecule has 34 heavy (non-hydrogen) atoms. The minimum Gasteiger partial charge on any atom is -0.477 e. The summed E-state index contributed by atoms with van der Waals surface area (Å²) in [6.45, 7) is 2.51. The first-order valence-electron chi connectivity index (χ1n) is 10.8. The summed E-state index contributed by atoms with van der Waals surface area (Å²) >= 11 is 0.974. The fourth-order valence-electron chi connectivity index (χ4n) is 4.18. The number of anilines is 1. The minimum absolute atomic E-state index is 0.0158. The van der Waals surface area contributed by atoms with Gasteiger partial charge < -0.3 is 20.1 Å². The lowest BCUT2D eigenvalue weighted by molar-refractivity contribution is -0.126. The molecule has 1 unspecified atom stereocenters. The van der Waals surface area contributed by atoms with Crippen molar-refractivity contribution >= 4 is 40.3 Å². The molecule has 0 spiro atoms. The standard InChI is InChI=1S/C21H21FN6O5S/c22-15-4-13-16(29)14(20(31)32)8-28(21-24-10-25-34-21)17(13)26-18(15)27-6-12(7-27)19(30)23-5-11-2-1-3-33-9-11/h4,8,10-12H,1-3,5-7,9H2,(H,23,30)(H,31,32). The molecule has 2 saturated heterocycles. The molecule has 13 heteroatoms. The van der Waals surface area contributed by atoms with Crippen LogP contribution in [0.3, 0.4) is 0 Å². The highest BCUT2D eigenvalue weighted by Crippen LogP contribution is 2.29. The molecule has 0 radical (unpaired) electrons. The first kappa shape index (κ1) is 22.3. The van der Waals surface area contributed by atoms with Gasteiger partial charge in [0.05, 0.1) is 17.9 Å². The maximum absolute atomic E-state index is 15.0. The van der Waals surface area contributed by atoms with E-state index in [-0.39, 0.29) is 46.9 Å². The summed E-state index contributed by atoms with van der Waals surface area (Å²) in [6.07, 6.45) is 4.40. The number of carbonyl (C=O) groups excluding carboxylic acids is 1. The molecule has 3 aromatic rings. The van der Waals surface area contributed by atoms with Gasteiger partial charge >= 0.3 is 5.97 Å². The molecule has 5 rings (SSSR count). The number of ether oxygens (including phenoxy) is 1. The van der Waals surface area contributed by atoms with Gasteiger partial charge in [0.1, 0.15) is 11.9 Å². The van der Waals surface area contributed by atoms with Crippen LogP contribution >= 0.6 is 11.5 Å². The van der Waals surface area contributed by atoms with Gasteiger partial charge in [-0.3, -0.25) is 14.2 Å². The fraction of sp³-hybridized carbons (Fsp3) is 0.429. The van der Waals surface area contributed by atoms with Gasteiger partial charge in [-0.25, -0.2) is 19.2 Å². The number of amides is 1. The van der Waals surface area contributed by atoms with E-state index < -0.39 is 22.8 Å². The fourth-order valence-corrected chi connectivity index (χ4v) is 4.69. The van der Waals surface area contributed by atoms with Gasteiger partial charge in [-0.2, -0.15) is 4.37 Å². The Morgan fingerprint density at radius 3 is 2.85 bits per heavy atom. The predicted octanol–water partition coefficient (Wildman–Crippen LogP) is 1.05. The second kappa shape index (κ2) is 9.06. The molecule has 0 bridgehead atoms. The highest BCUT2D eigenvalue weighted by molar-refractivity contribution is 7.08. The summed E-state index contributed by atoms with van der Waals surface area (Å²) in [5.41, 5.74) is -1.30. The number of carboxylic acids is 1. The van der Waals surface area contributed by atoms with Crippen molar-refractivity contribution in [3.05, 3.63) is 40.2 Å². The van der Waals surface area contributed by atoms with E-state index in [4.69, 9.17) is 4.74 Å². The number of carbonyl (C=O) groups is 2. The number of carboxylic acid groups (broad SMARTS) is 1. The average Bonchev–Trinajstić information content (AvgIpc) is 3.33.